The van der Waals surface area contributed by atoms with Gasteiger partial charge in [-0.2, -0.15) is 0 Å². The van der Waals surface area contributed by atoms with Crippen LogP contribution in [-0.4, -0.2) is 105 Å². The fourth-order valence-electron chi connectivity index (χ4n) is 5.60. The van der Waals surface area contributed by atoms with Crippen molar-refractivity contribution in [2.24, 2.45) is 5.11 Å². The summed E-state index contributed by atoms with van der Waals surface area (Å²) >= 11 is 0. The molecule has 0 saturated carbocycles. The molecule has 256 valence electrons. The summed E-state index contributed by atoms with van der Waals surface area (Å²) in [5.74, 6) is -1.19. The summed E-state index contributed by atoms with van der Waals surface area (Å²) in [5, 5.41) is 14.5. The Labute approximate surface area is 268 Å². The molecule has 0 bridgehead atoms. The number of esters is 2. The van der Waals surface area contributed by atoms with E-state index in [-0.39, 0.29) is 19.8 Å². The van der Waals surface area contributed by atoms with Crippen molar-refractivity contribution in [2.45, 2.75) is 121 Å². The van der Waals surface area contributed by atoms with Crippen LogP contribution in [0, 0.1) is 0 Å². The summed E-state index contributed by atoms with van der Waals surface area (Å²) in [6.07, 6.45) is -7.07. The molecule has 11 atom stereocenters. The van der Waals surface area contributed by atoms with Gasteiger partial charge in [0.1, 0.15) is 43.2 Å². The molecule has 3 saturated heterocycles. The first-order chi connectivity index (χ1) is 22.3. The molecule has 1 N–H and O–H groups in total. The molecule has 15 nitrogen and oxygen atoms in total. The molecule has 0 spiro atoms. The van der Waals surface area contributed by atoms with Crippen LogP contribution in [0.25, 0.3) is 10.4 Å². The lowest BCUT2D eigenvalue weighted by atomic mass is 9.95. The Morgan fingerprint density at radius 1 is 0.957 bits per heavy atom. The highest BCUT2D eigenvalue weighted by molar-refractivity contribution is 5.66. The van der Waals surface area contributed by atoms with Crippen LogP contribution < -0.4 is 0 Å². The van der Waals surface area contributed by atoms with Gasteiger partial charge in [0.05, 0.1) is 12.7 Å². The molecule has 3 heterocycles. The maximum Gasteiger partial charge on any atom is 0.303 e. The SMILES string of the molecule is CCCCO[C@@H]1C(OC(C)=O)[C@H](O[C@@H]2C(COC(C)=O)O[C@H](O)C(N=[N+]=[N-])[C@H]2OCCCC)OC2COC(c3ccccc3)O[C@H]21. The number of unbranched alkanes of at least 4 members (excludes halogenated alkanes) is 2. The van der Waals surface area contributed by atoms with E-state index < -0.39 is 79.6 Å². The predicted molar refractivity (Wildman–Crippen MR) is 159 cm³/mol. The van der Waals surface area contributed by atoms with E-state index in [2.05, 4.69) is 10.0 Å². The summed E-state index contributed by atoms with van der Waals surface area (Å²) in [6.45, 7) is 6.91. The lowest BCUT2D eigenvalue weighted by molar-refractivity contribution is -0.384. The third-order valence-corrected chi connectivity index (χ3v) is 7.83. The number of nitrogens with zero attached hydrogens (tertiary/aromatic N) is 3. The molecule has 15 heteroatoms. The van der Waals surface area contributed by atoms with Gasteiger partial charge in [-0.25, -0.2) is 0 Å². The van der Waals surface area contributed by atoms with E-state index in [1.165, 1.54) is 13.8 Å². The van der Waals surface area contributed by atoms with Gasteiger partial charge in [-0.3, -0.25) is 9.59 Å². The molecule has 3 fully saturated rings. The Morgan fingerprint density at radius 2 is 1.65 bits per heavy atom. The van der Waals surface area contributed by atoms with Crippen molar-refractivity contribution in [3.05, 3.63) is 46.3 Å². The van der Waals surface area contributed by atoms with E-state index in [0.29, 0.717) is 13.0 Å². The molecular weight excluding hydrogens is 606 g/mol. The van der Waals surface area contributed by atoms with Crippen LogP contribution in [0.5, 0.6) is 0 Å². The van der Waals surface area contributed by atoms with Gasteiger partial charge in [-0.05, 0) is 18.4 Å². The monoisotopic (exact) mass is 651 g/mol. The van der Waals surface area contributed by atoms with E-state index in [0.717, 1.165) is 24.8 Å². The Morgan fingerprint density at radius 3 is 2.28 bits per heavy atom. The minimum Gasteiger partial charge on any atom is -0.463 e. The van der Waals surface area contributed by atoms with Gasteiger partial charge in [0.15, 0.2) is 25.0 Å². The molecule has 0 radical (unpaired) electrons. The van der Waals surface area contributed by atoms with Crippen molar-refractivity contribution in [3.63, 3.8) is 0 Å². The summed E-state index contributed by atoms with van der Waals surface area (Å²) in [7, 11) is 0. The third kappa shape index (κ3) is 9.37. The highest BCUT2D eigenvalue weighted by atomic mass is 16.8. The maximum atomic E-state index is 12.5. The number of aliphatic hydroxyl groups excluding tert-OH is 1. The minimum absolute atomic E-state index is 0.110. The zero-order valence-electron chi connectivity index (χ0n) is 26.7. The average Bonchev–Trinajstić information content (AvgIpc) is 3.04. The van der Waals surface area contributed by atoms with E-state index in [1.54, 1.807) is 0 Å². The molecule has 0 aromatic heterocycles. The maximum absolute atomic E-state index is 12.5. The van der Waals surface area contributed by atoms with Gasteiger partial charge < -0.3 is 47.7 Å². The Hall–Kier alpha value is -2.85. The number of hydrogen-bond donors (Lipinski definition) is 1. The Kier molecular flexibility index (Phi) is 14.0. The summed E-state index contributed by atoms with van der Waals surface area (Å²) in [4.78, 5) is 27.1. The predicted octanol–water partition coefficient (Wildman–Crippen LogP) is 3.47. The van der Waals surface area contributed by atoms with E-state index >= 15 is 0 Å². The molecule has 0 amide bonds. The minimum atomic E-state index is -1.58. The number of rotatable bonds is 15. The number of carbonyl (C=O) groups excluding carboxylic acids is 2. The van der Waals surface area contributed by atoms with Gasteiger partial charge in [0.2, 0.25) is 0 Å². The molecular formula is C31H45N3O12. The van der Waals surface area contributed by atoms with Crippen molar-refractivity contribution in [1.29, 1.82) is 0 Å². The average molecular weight is 652 g/mol. The zero-order chi connectivity index (χ0) is 33.1. The fourth-order valence-corrected chi connectivity index (χ4v) is 5.60. The summed E-state index contributed by atoms with van der Waals surface area (Å²) < 4.78 is 54.6. The van der Waals surface area contributed by atoms with Crippen LogP contribution in [0.3, 0.4) is 0 Å². The molecule has 46 heavy (non-hydrogen) atoms. The molecule has 1 aromatic rings. The van der Waals surface area contributed by atoms with Gasteiger partial charge in [-0.1, -0.05) is 62.1 Å². The van der Waals surface area contributed by atoms with E-state index in [4.69, 9.17) is 42.6 Å². The van der Waals surface area contributed by atoms with Crippen LogP contribution >= 0.6 is 0 Å². The second-order valence-electron chi connectivity index (χ2n) is 11.3. The van der Waals surface area contributed by atoms with Crippen molar-refractivity contribution in [3.8, 4) is 0 Å². The van der Waals surface area contributed by atoms with Gasteiger partial charge in [-0.15, -0.1) is 0 Å². The quantitative estimate of drug-likeness (QED) is 0.0958. The zero-order valence-corrected chi connectivity index (χ0v) is 26.7. The molecule has 3 aliphatic heterocycles. The van der Waals surface area contributed by atoms with Gasteiger partial charge in [0, 0.05) is 37.5 Å². The number of hydrogen-bond acceptors (Lipinski definition) is 13. The van der Waals surface area contributed by atoms with E-state index in [1.807, 2.05) is 44.2 Å². The van der Waals surface area contributed by atoms with Crippen molar-refractivity contribution in [1.82, 2.24) is 0 Å². The van der Waals surface area contributed by atoms with Crippen molar-refractivity contribution >= 4 is 11.9 Å². The van der Waals surface area contributed by atoms with Crippen LogP contribution in [0.4, 0.5) is 0 Å². The standard InChI is InChI=1S/C31H45N3O12/c1-5-7-14-38-26-23(33-34-32)29(37)43-21(16-40-18(3)35)24(26)46-31-28(42-19(4)36)27(39-15-8-6-2)25-22(44-31)17-41-30(45-25)20-12-10-9-11-13-20/h9-13,21-31,37H,5-8,14-17H2,1-4H3/t21?,22?,23?,24-,25-,26-,27+,28?,29+,30?,31+/m1/s1. The lowest BCUT2D eigenvalue weighted by Gasteiger charge is -2.50. The molecule has 3 aliphatic rings. The highest BCUT2D eigenvalue weighted by Crippen LogP contribution is 2.39. The Balaban J connectivity index is 1.68. The number of carbonyl (C=O) groups is 2. The number of ether oxygens (including phenoxy) is 9. The molecule has 0 aliphatic carbocycles. The van der Waals surface area contributed by atoms with Crippen LogP contribution in [-0.2, 0) is 52.2 Å². The smallest absolute Gasteiger partial charge is 0.303 e. The summed E-state index contributed by atoms with van der Waals surface area (Å²) in [6, 6.07) is 8.21. The van der Waals surface area contributed by atoms with Gasteiger partial charge >= 0.3 is 11.9 Å². The second kappa shape index (κ2) is 17.9. The van der Waals surface area contributed by atoms with Crippen LogP contribution in [0.1, 0.15) is 65.2 Å². The molecule has 4 rings (SSSR count). The van der Waals surface area contributed by atoms with Crippen molar-refractivity contribution < 1.29 is 57.3 Å². The lowest BCUT2D eigenvalue weighted by Crippen LogP contribution is -2.67. The highest BCUT2D eigenvalue weighted by Gasteiger charge is 2.56. The van der Waals surface area contributed by atoms with Crippen LogP contribution in [0.15, 0.2) is 35.4 Å². The number of aliphatic hydroxyl groups is 1. The normalized spacial score (nSPS) is 34.2. The van der Waals surface area contributed by atoms with Gasteiger partial charge in [0.25, 0.3) is 0 Å². The third-order valence-electron chi connectivity index (χ3n) is 7.83. The van der Waals surface area contributed by atoms with E-state index in [9.17, 15) is 20.2 Å². The number of azide groups is 1. The Bertz CT molecular complexity index is 1150. The first kappa shape index (κ1) is 36.0. The molecule has 5 unspecified atom stereocenters. The second-order valence-corrected chi connectivity index (χ2v) is 11.3. The number of benzene rings is 1. The van der Waals surface area contributed by atoms with Crippen LogP contribution in [0.2, 0.25) is 0 Å². The topological polar surface area (TPSA) is 186 Å². The molecule has 1 aromatic carbocycles. The fraction of sp³-hybridized carbons (Fsp3) is 0.742. The number of fused-ring (bicyclic) bond motifs is 1. The largest absolute Gasteiger partial charge is 0.463 e. The first-order valence-electron chi connectivity index (χ1n) is 15.8. The first-order valence-corrected chi connectivity index (χ1v) is 15.8. The van der Waals surface area contributed by atoms with Crippen molar-refractivity contribution in [2.75, 3.05) is 26.4 Å². The summed E-state index contributed by atoms with van der Waals surface area (Å²) in [5.41, 5.74) is 10.1.